The second kappa shape index (κ2) is 7.31. The van der Waals surface area contributed by atoms with Crippen molar-refractivity contribution in [1.29, 1.82) is 0 Å². The Kier molecular flexibility index (Phi) is 4.89. The molecule has 0 radical (unpaired) electrons. The van der Waals surface area contributed by atoms with Crippen molar-refractivity contribution in [2.24, 2.45) is 5.41 Å². The highest BCUT2D eigenvalue weighted by atomic mass is 16.5. The Balaban J connectivity index is 1.36. The summed E-state index contributed by atoms with van der Waals surface area (Å²) in [5, 5.41) is 7.73. The number of ether oxygens (including phenoxy) is 1. The molecule has 3 saturated heterocycles. The van der Waals surface area contributed by atoms with E-state index in [4.69, 9.17) is 4.74 Å². The third-order valence-electron chi connectivity index (χ3n) is 6.10. The van der Waals surface area contributed by atoms with Crippen LogP contribution in [0.4, 0.5) is 0 Å². The van der Waals surface area contributed by atoms with Crippen LogP contribution in [-0.4, -0.2) is 70.7 Å². The first-order valence-corrected chi connectivity index (χ1v) is 9.62. The van der Waals surface area contributed by atoms with E-state index in [0.717, 1.165) is 64.9 Å². The second-order valence-corrected chi connectivity index (χ2v) is 7.81. The van der Waals surface area contributed by atoms with Gasteiger partial charge in [0.25, 0.3) is 5.91 Å². The third kappa shape index (κ3) is 3.58. The summed E-state index contributed by atoms with van der Waals surface area (Å²) in [4.78, 5) is 28.8. The van der Waals surface area contributed by atoms with E-state index in [1.807, 2.05) is 9.80 Å². The number of carbonyl (C=O) groups excluding carboxylic acids is 2. The molecule has 0 saturated carbocycles. The zero-order valence-electron chi connectivity index (χ0n) is 15.1. The molecule has 1 atom stereocenters. The Hall–Kier alpha value is -2.02. The van der Waals surface area contributed by atoms with Gasteiger partial charge in [-0.1, -0.05) is 0 Å². The van der Waals surface area contributed by atoms with Crippen LogP contribution in [0.3, 0.4) is 0 Å². The predicted octanol–water partition coefficient (Wildman–Crippen LogP) is 1.50. The van der Waals surface area contributed by atoms with Gasteiger partial charge in [-0.25, -0.2) is 0 Å². The lowest BCUT2D eigenvalue weighted by Gasteiger charge is -2.47. The summed E-state index contributed by atoms with van der Waals surface area (Å²) in [7, 11) is 0. The number of likely N-dealkylation sites (tertiary alicyclic amines) is 2. The van der Waals surface area contributed by atoms with Gasteiger partial charge >= 0.3 is 0 Å². The number of carbonyl (C=O) groups is 2. The number of aromatic nitrogens is 2. The minimum absolute atomic E-state index is 0.0453. The summed E-state index contributed by atoms with van der Waals surface area (Å²) < 4.78 is 5.72. The lowest BCUT2D eigenvalue weighted by atomic mass is 9.72. The molecule has 4 heterocycles. The van der Waals surface area contributed by atoms with Crippen molar-refractivity contribution in [1.82, 2.24) is 20.0 Å². The number of hydrogen-bond donors (Lipinski definition) is 0. The molecule has 2 amide bonds. The zero-order valence-corrected chi connectivity index (χ0v) is 15.1. The van der Waals surface area contributed by atoms with Gasteiger partial charge in [0.05, 0.1) is 6.10 Å². The van der Waals surface area contributed by atoms with Gasteiger partial charge < -0.3 is 14.5 Å². The SMILES string of the molecule is O=C1CCC2(CCN(C(=O)c3cccnn3)CC2)CN1C[C@H]1CCCO1. The maximum atomic E-state index is 12.6. The van der Waals surface area contributed by atoms with Crippen LogP contribution in [0.2, 0.25) is 0 Å². The Morgan fingerprint density at radius 1 is 1.31 bits per heavy atom. The molecule has 1 spiro atoms. The number of amides is 2. The predicted molar refractivity (Wildman–Crippen MR) is 94.4 cm³/mol. The summed E-state index contributed by atoms with van der Waals surface area (Å²) >= 11 is 0. The average Bonchev–Trinajstić information content (AvgIpc) is 3.19. The van der Waals surface area contributed by atoms with Gasteiger partial charge in [0.2, 0.25) is 5.91 Å². The van der Waals surface area contributed by atoms with Crippen LogP contribution < -0.4 is 0 Å². The fourth-order valence-corrected chi connectivity index (χ4v) is 4.47. The number of piperidine rings is 2. The fraction of sp³-hybridized carbons (Fsp3) is 0.684. The Labute approximate surface area is 153 Å². The Morgan fingerprint density at radius 3 is 2.85 bits per heavy atom. The molecule has 7 heteroatoms. The molecule has 3 aliphatic rings. The minimum atomic E-state index is -0.0453. The molecule has 0 unspecified atom stereocenters. The van der Waals surface area contributed by atoms with Crippen molar-refractivity contribution in [2.45, 2.75) is 44.6 Å². The maximum absolute atomic E-state index is 12.6. The van der Waals surface area contributed by atoms with Crippen LogP contribution in [-0.2, 0) is 9.53 Å². The Morgan fingerprint density at radius 2 is 2.15 bits per heavy atom. The normalized spacial score (nSPS) is 25.7. The Bertz CT molecular complexity index is 652. The van der Waals surface area contributed by atoms with Crippen LogP contribution in [0, 0.1) is 5.41 Å². The number of rotatable bonds is 3. The molecule has 4 rings (SSSR count). The van der Waals surface area contributed by atoms with E-state index in [2.05, 4.69) is 10.2 Å². The molecule has 0 aliphatic carbocycles. The summed E-state index contributed by atoms with van der Waals surface area (Å²) in [5.41, 5.74) is 0.549. The quantitative estimate of drug-likeness (QED) is 0.818. The van der Waals surface area contributed by atoms with Crippen molar-refractivity contribution in [3.8, 4) is 0 Å². The van der Waals surface area contributed by atoms with Gasteiger partial charge in [-0.05, 0) is 49.7 Å². The van der Waals surface area contributed by atoms with Crippen molar-refractivity contribution < 1.29 is 14.3 Å². The number of nitrogens with zero attached hydrogens (tertiary/aromatic N) is 4. The van der Waals surface area contributed by atoms with Crippen LogP contribution in [0.25, 0.3) is 0 Å². The van der Waals surface area contributed by atoms with E-state index < -0.39 is 0 Å². The van der Waals surface area contributed by atoms with E-state index >= 15 is 0 Å². The van der Waals surface area contributed by atoms with Crippen LogP contribution >= 0.6 is 0 Å². The van der Waals surface area contributed by atoms with E-state index in [1.54, 1.807) is 18.3 Å². The summed E-state index contributed by atoms with van der Waals surface area (Å²) in [6.45, 7) is 3.79. The van der Waals surface area contributed by atoms with Crippen molar-refractivity contribution in [2.75, 3.05) is 32.8 Å². The van der Waals surface area contributed by atoms with Gasteiger partial charge in [0.1, 0.15) is 0 Å². The van der Waals surface area contributed by atoms with Gasteiger partial charge in [0.15, 0.2) is 5.69 Å². The molecule has 0 bridgehead atoms. The highest BCUT2D eigenvalue weighted by molar-refractivity contribution is 5.92. The summed E-state index contributed by atoms with van der Waals surface area (Å²) in [6, 6.07) is 3.45. The zero-order chi connectivity index (χ0) is 18.0. The van der Waals surface area contributed by atoms with Crippen LogP contribution in [0.1, 0.15) is 49.0 Å². The fourth-order valence-electron chi connectivity index (χ4n) is 4.47. The lowest BCUT2D eigenvalue weighted by Crippen LogP contribution is -2.53. The first kappa shape index (κ1) is 17.4. The van der Waals surface area contributed by atoms with E-state index in [9.17, 15) is 9.59 Å². The lowest BCUT2D eigenvalue weighted by molar-refractivity contribution is -0.141. The van der Waals surface area contributed by atoms with E-state index in [-0.39, 0.29) is 23.3 Å². The van der Waals surface area contributed by atoms with E-state index in [1.165, 1.54) is 0 Å². The monoisotopic (exact) mass is 358 g/mol. The topological polar surface area (TPSA) is 75.6 Å². The van der Waals surface area contributed by atoms with Crippen LogP contribution in [0.15, 0.2) is 18.3 Å². The smallest absolute Gasteiger partial charge is 0.274 e. The molecule has 0 N–H and O–H groups in total. The molecule has 26 heavy (non-hydrogen) atoms. The molecule has 7 nitrogen and oxygen atoms in total. The maximum Gasteiger partial charge on any atom is 0.274 e. The minimum Gasteiger partial charge on any atom is -0.376 e. The number of hydrogen-bond acceptors (Lipinski definition) is 5. The van der Waals surface area contributed by atoms with Crippen molar-refractivity contribution in [3.05, 3.63) is 24.0 Å². The van der Waals surface area contributed by atoms with Crippen molar-refractivity contribution in [3.63, 3.8) is 0 Å². The molecule has 140 valence electrons. The molecular formula is C19H26N4O3. The highest BCUT2D eigenvalue weighted by Crippen LogP contribution is 2.40. The molecule has 1 aromatic rings. The average molecular weight is 358 g/mol. The van der Waals surface area contributed by atoms with Gasteiger partial charge in [-0.15, -0.1) is 5.10 Å². The molecular weight excluding hydrogens is 332 g/mol. The van der Waals surface area contributed by atoms with Gasteiger partial charge in [-0.3, -0.25) is 9.59 Å². The van der Waals surface area contributed by atoms with Gasteiger partial charge in [-0.2, -0.15) is 5.10 Å². The standard InChI is InChI=1S/C19H26N4O3/c24-17-5-6-19(14-23(17)13-15-3-2-12-26-15)7-10-22(11-8-19)18(25)16-4-1-9-20-21-16/h1,4,9,15H,2-3,5-8,10-14H2/t15-/m1/s1. The molecule has 3 fully saturated rings. The van der Waals surface area contributed by atoms with Crippen LogP contribution in [0.5, 0.6) is 0 Å². The molecule has 1 aromatic heterocycles. The summed E-state index contributed by atoms with van der Waals surface area (Å²) in [5.74, 6) is 0.209. The summed E-state index contributed by atoms with van der Waals surface area (Å²) in [6.07, 6.45) is 7.35. The highest BCUT2D eigenvalue weighted by Gasteiger charge is 2.42. The van der Waals surface area contributed by atoms with E-state index in [0.29, 0.717) is 12.1 Å². The first-order valence-electron chi connectivity index (χ1n) is 9.62. The first-order chi connectivity index (χ1) is 12.7. The molecule has 0 aromatic carbocycles. The second-order valence-electron chi connectivity index (χ2n) is 7.81. The molecule has 3 aliphatic heterocycles. The van der Waals surface area contributed by atoms with Crippen molar-refractivity contribution >= 4 is 11.8 Å². The van der Waals surface area contributed by atoms with Gasteiger partial charge in [0, 0.05) is 45.4 Å². The third-order valence-corrected chi connectivity index (χ3v) is 6.10. The largest absolute Gasteiger partial charge is 0.376 e.